The van der Waals surface area contributed by atoms with E-state index >= 15 is 0 Å². The number of fused-ring (bicyclic) bond motifs is 4. The summed E-state index contributed by atoms with van der Waals surface area (Å²) in [6.07, 6.45) is 4.92. The maximum Gasteiger partial charge on any atom is 0.338 e. The van der Waals surface area contributed by atoms with Crippen LogP contribution in [0, 0.1) is 0 Å². The van der Waals surface area contributed by atoms with E-state index in [1.54, 1.807) is 18.4 Å². The minimum absolute atomic E-state index is 0.212. The van der Waals surface area contributed by atoms with E-state index in [4.69, 9.17) is 15.5 Å². The number of esters is 1. The third-order valence-electron chi connectivity index (χ3n) is 5.76. The molecule has 0 fully saturated rings. The van der Waals surface area contributed by atoms with Crippen LogP contribution in [0.4, 0.5) is 0 Å². The van der Waals surface area contributed by atoms with Crippen molar-refractivity contribution in [3.8, 4) is 0 Å². The van der Waals surface area contributed by atoms with Gasteiger partial charge in [-0.15, -0.1) is 0 Å². The number of nitrogens with zero attached hydrogens (tertiary/aromatic N) is 3. The lowest BCUT2D eigenvalue weighted by molar-refractivity contribution is -0.135. The second-order valence-corrected chi connectivity index (χ2v) is 7.27. The van der Waals surface area contributed by atoms with Crippen LogP contribution in [0.15, 0.2) is 71.4 Å². The SMILES string of the molecule is CCn1c2ccccc2c2cc(C3N=C4C=C(C(=O)OC)C=CN4C3N)ccc21. The molecular weight excluding hydrogens is 364 g/mol. The fourth-order valence-electron chi connectivity index (χ4n) is 4.34. The summed E-state index contributed by atoms with van der Waals surface area (Å²) in [6.45, 7) is 3.07. The Bertz CT molecular complexity index is 1230. The zero-order valence-corrected chi connectivity index (χ0v) is 16.4. The van der Waals surface area contributed by atoms with E-state index in [-0.39, 0.29) is 18.2 Å². The third-order valence-corrected chi connectivity index (χ3v) is 5.76. The molecule has 2 aliphatic rings. The molecule has 0 spiro atoms. The van der Waals surface area contributed by atoms with E-state index in [2.05, 4.69) is 54.0 Å². The molecule has 0 saturated heterocycles. The molecule has 0 saturated carbocycles. The Balaban J connectivity index is 1.60. The van der Waals surface area contributed by atoms with Crippen LogP contribution < -0.4 is 5.73 Å². The number of ether oxygens (including phenoxy) is 1. The second kappa shape index (κ2) is 6.60. The molecule has 0 aliphatic carbocycles. The molecule has 2 unspecified atom stereocenters. The minimum atomic E-state index is -0.380. The lowest BCUT2D eigenvalue weighted by atomic mass is 10.0. The standard InChI is InChI=1S/C23H22N4O2/c1-3-26-18-7-5-4-6-16(18)17-12-14(8-9-19(17)26)21-22(24)27-11-10-15(23(28)29-2)13-20(27)25-21/h4-13,21-22H,3,24H2,1-2H3. The van der Waals surface area contributed by atoms with E-state index < -0.39 is 0 Å². The van der Waals surface area contributed by atoms with Gasteiger partial charge in [0.1, 0.15) is 18.0 Å². The summed E-state index contributed by atoms with van der Waals surface area (Å²) in [5.41, 5.74) is 10.5. The molecule has 2 N–H and O–H groups in total. The van der Waals surface area contributed by atoms with Crippen molar-refractivity contribution in [2.24, 2.45) is 10.7 Å². The fraction of sp³-hybridized carbons (Fsp3) is 0.217. The maximum absolute atomic E-state index is 11.8. The highest BCUT2D eigenvalue weighted by atomic mass is 16.5. The van der Waals surface area contributed by atoms with Crippen molar-refractivity contribution in [1.29, 1.82) is 0 Å². The van der Waals surface area contributed by atoms with Gasteiger partial charge in [0, 0.05) is 34.6 Å². The Morgan fingerprint density at radius 2 is 1.97 bits per heavy atom. The quantitative estimate of drug-likeness (QED) is 0.700. The summed E-state index contributed by atoms with van der Waals surface area (Å²) < 4.78 is 7.14. The summed E-state index contributed by atoms with van der Waals surface area (Å²) in [5.74, 6) is 0.302. The average molecular weight is 386 g/mol. The Kier molecular flexibility index (Phi) is 4.03. The van der Waals surface area contributed by atoms with Crippen molar-refractivity contribution >= 4 is 33.6 Å². The van der Waals surface area contributed by atoms with E-state index in [9.17, 15) is 4.79 Å². The van der Waals surface area contributed by atoms with Gasteiger partial charge < -0.3 is 19.9 Å². The third kappa shape index (κ3) is 2.60. The topological polar surface area (TPSA) is 72.9 Å². The van der Waals surface area contributed by atoms with Gasteiger partial charge in [-0.1, -0.05) is 24.3 Å². The van der Waals surface area contributed by atoms with E-state index in [0.29, 0.717) is 11.4 Å². The number of aromatic nitrogens is 1. The summed E-state index contributed by atoms with van der Waals surface area (Å²) in [7, 11) is 1.37. The number of hydrogen-bond donors (Lipinski definition) is 1. The van der Waals surface area contributed by atoms with Gasteiger partial charge in [0.2, 0.25) is 0 Å². The van der Waals surface area contributed by atoms with Gasteiger partial charge in [-0.3, -0.25) is 4.99 Å². The minimum Gasteiger partial charge on any atom is -0.465 e. The van der Waals surface area contributed by atoms with Gasteiger partial charge in [-0.25, -0.2) is 4.79 Å². The lowest BCUT2D eigenvalue weighted by Gasteiger charge is -2.25. The molecule has 2 aromatic carbocycles. The number of rotatable bonds is 3. The fourth-order valence-corrected chi connectivity index (χ4v) is 4.34. The molecule has 2 atom stereocenters. The Hall–Kier alpha value is -3.38. The number of carbonyl (C=O) groups is 1. The van der Waals surface area contributed by atoms with Gasteiger partial charge in [-0.05, 0) is 42.8 Å². The first-order valence-corrected chi connectivity index (χ1v) is 9.73. The normalized spacial score (nSPS) is 20.7. The van der Waals surface area contributed by atoms with Crippen LogP contribution in [0.3, 0.4) is 0 Å². The van der Waals surface area contributed by atoms with Gasteiger partial charge in [0.15, 0.2) is 0 Å². The number of hydrogen-bond acceptors (Lipinski definition) is 5. The number of aryl methyl sites for hydroxylation is 1. The first-order valence-electron chi connectivity index (χ1n) is 9.73. The molecule has 6 nitrogen and oxygen atoms in total. The van der Waals surface area contributed by atoms with Crippen LogP contribution in [-0.2, 0) is 16.1 Å². The van der Waals surface area contributed by atoms with Crippen LogP contribution in [0.25, 0.3) is 21.8 Å². The second-order valence-electron chi connectivity index (χ2n) is 7.27. The number of methoxy groups -OCH3 is 1. The monoisotopic (exact) mass is 386 g/mol. The first kappa shape index (κ1) is 17.7. The van der Waals surface area contributed by atoms with Gasteiger partial charge in [0.25, 0.3) is 0 Å². The number of benzene rings is 2. The maximum atomic E-state index is 11.8. The molecule has 29 heavy (non-hydrogen) atoms. The first-order chi connectivity index (χ1) is 14.1. The zero-order valence-electron chi connectivity index (χ0n) is 16.4. The van der Waals surface area contributed by atoms with Gasteiger partial charge >= 0.3 is 5.97 Å². The van der Waals surface area contributed by atoms with Gasteiger partial charge in [-0.2, -0.15) is 0 Å². The molecule has 6 heteroatoms. The van der Waals surface area contributed by atoms with Crippen LogP contribution in [0.1, 0.15) is 18.5 Å². The van der Waals surface area contributed by atoms with Crippen LogP contribution >= 0.6 is 0 Å². The van der Waals surface area contributed by atoms with E-state index in [1.165, 1.54) is 28.9 Å². The van der Waals surface area contributed by atoms with Crippen LogP contribution in [0.5, 0.6) is 0 Å². The number of aliphatic imine (C=N–C) groups is 1. The number of amidine groups is 1. The van der Waals surface area contributed by atoms with E-state index in [1.807, 2.05) is 4.90 Å². The van der Waals surface area contributed by atoms with Crippen molar-refractivity contribution in [1.82, 2.24) is 9.47 Å². The molecule has 3 aromatic rings. The lowest BCUT2D eigenvalue weighted by Crippen LogP contribution is -2.40. The van der Waals surface area contributed by atoms with Crippen LogP contribution in [0.2, 0.25) is 0 Å². The van der Waals surface area contributed by atoms with Gasteiger partial charge in [0.05, 0.1) is 12.7 Å². The summed E-state index contributed by atoms with van der Waals surface area (Å²) in [4.78, 5) is 18.6. The molecule has 1 aromatic heterocycles. The van der Waals surface area contributed by atoms with Crippen molar-refractivity contribution in [3.05, 3.63) is 72.0 Å². The molecule has 2 aliphatic heterocycles. The van der Waals surface area contributed by atoms with Crippen molar-refractivity contribution in [2.45, 2.75) is 25.7 Å². The van der Waals surface area contributed by atoms with Crippen LogP contribution in [-0.4, -0.2) is 34.5 Å². The average Bonchev–Trinajstić information content (AvgIpc) is 3.27. The predicted molar refractivity (Wildman–Crippen MR) is 114 cm³/mol. The summed E-state index contributed by atoms with van der Waals surface area (Å²) in [6, 6.07) is 14.7. The van der Waals surface area contributed by atoms with Crippen molar-refractivity contribution < 1.29 is 9.53 Å². The Morgan fingerprint density at radius 1 is 1.17 bits per heavy atom. The highest BCUT2D eigenvalue weighted by molar-refractivity contribution is 6.08. The predicted octanol–water partition coefficient (Wildman–Crippen LogP) is 3.48. The summed E-state index contributed by atoms with van der Waals surface area (Å²) in [5, 5.41) is 2.44. The largest absolute Gasteiger partial charge is 0.465 e. The molecule has 5 rings (SSSR count). The molecule has 0 radical (unpaired) electrons. The Labute approximate surface area is 168 Å². The smallest absolute Gasteiger partial charge is 0.338 e. The van der Waals surface area contributed by atoms with E-state index in [0.717, 1.165) is 12.1 Å². The number of nitrogens with two attached hydrogens (primary N) is 1. The zero-order chi connectivity index (χ0) is 20.1. The molecular formula is C23H22N4O2. The molecule has 146 valence electrons. The molecule has 3 heterocycles. The molecule has 0 amide bonds. The highest BCUT2D eigenvalue weighted by Gasteiger charge is 2.34. The molecule has 0 bridgehead atoms. The van der Waals surface area contributed by atoms with Crippen molar-refractivity contribution in [2.75, 3.05) is 7.11 Å². The number of carbonyl (C=O) groups excluding carboxylic acids is 1. The highest BCUT2D eigenvalue weighted by Crippen LogP contribution is 2.36. The van der Waals surface area contributed by atoms with Crippen molar-refractivity contribution in [3.63, 3.8) is 0 Å². The summed E-state index contributed by atoms with van der Waals surface area (Å²) >= 11 is 0. The Morgan fingerprint density at radius 3 is 2.76 bits per heavy atom. The number of para-hydroxylation sites is 1.